The standard InChI is InChI=1S/C20H12Br2ClNO3S/c1-2-7-24-19(25)17(28-20(24)26)10-12-8-14(21)18(15(22)9-12)27-11-13-5-3-4-6-16(13)23/h1,3-6,8-10H,7,11H2/b17-10+. The Balaban J connectivity index is 1.81. The number of rotatable bonds is 5. The zero-order valence-corrected chi connectivity index (χ0v) is 19.0. The van der Waals surface area contributed by atoms with E-state index >= 15 is 0 Å². The molecule has 4 nitrogen and oxygen atoms in total. The van der Waals surface area contributed by atoms with Crippen molar-refractivity contribution in [1.82, 2.24) is 4.90 Å². The smallest absolute Gasteiger partial charge is 0.294 e. The number of imide groups is 1. The van der Waals surface area contributed by atoms with Gasteiger partial charge in [-0.2, -0.15) is 0 Å². The first-order valence-electron chi connectivity index (χ1n) is 7.94. The molecule has 3 rings (SSSR count). The molecule has 28 heavy (non-hydrogen) atoms. The van der Waals surface area contributed by atoms with Crippen molar-refractivity contribution in [3.8, 4) is 18.1 Å². The summed E-state index contributed by atoms with van der Waals surface area (Å²) < 4.78 is 7.29. The van der Waals surface area contributed by atoms with Crippen LogP contribution in [-0.4, -0.2) is 22.6 Å². The number of terminal acetylenes is 1. The van der Waals surface area contributed by atoms with Gasteiger partial charge in [0.25, 0.3) is 11.1 Å². The molecule has 1 aliphatic heterocycles. The predicted molar refractivity (Wildman–Crippen MR) is 119 cm³/mol. The number of benzene rings is 2. The van der Waals surface area contributed by atoms with Gasteiger partial charge in [-0.1, -0.05) is 35.7 Å². The van der Waals surface area contributed by atoms with Gasteiger partial charge >= 0.3 is 0 Å². The summed E-state index contributed by atoms with van der Waals surface area (Å²) in [7, 11) is 0. The monoisotopic (exact) mass is 539 g/mol. The van der Waals surface area contributed by atoms with Gasteiger partial charge in [0.05, 0.1) is 20.4 Å². The van der Waals surface area contributed by atoms with Crippen molar-refractivity contribution in [2.24, 2.45) is 0 Å². The number of hydrogen-bond donors (Lipinski definition) is 0. The van der Waals surface area contributed by atoms with Crippen LogP contribution in [0.1, 0.15) is 11.1 Å². The zero-order valence-electron chi connectivity index (χ0n) is 14.2. The quantitative estimate of drug-likeness (QED) is 0.338. The number of ether oxygens (including phenoxy) is 1. The summed E-state index contributed by atoms with van der Waals surface area (Å²) in [4.78, 5) is 25.6. The van der Waals surface area contributed by atoms with Crippen LogP contribution in [-0.2, 0) is 11.4 Å². The Morgan fingerprint density at radius 2 is 1.89 bits per heavy atom. The van der Waals surface area contributed by atoms with E-state index in [0.29, 0.717) is 31.2 Å². The van der Waals surface area contributed by atoms with Gasteiger partial charge in [0.1, 0.15) is 12.4 Å². The Kier molecular flexibility index (Phi) is 6.89. The summed E-state index contributed by atoms with van der Waals surface area (Å²) in [6.07, 6.45) is 6.86. The number of carbonyl (C=O) groups is 2. The van der Waals surface area contributed by atoms with Gasteiger partial charge in [0, 0.05) is 10.6 Å². The fourth-order valence-electron chi connectivity index (χ4n) is 2.45. The maximum absolute atomic E-state index is 12.3. The second-order valence-corrected chi connectivity index (χ2v) is 8.77. The van der Waals surface area contributed by atoms with Crippen LogP contribution in [0.4, 0.5) is 4.79 Å². The Morgan fingerprint density at radius 3 is 2.54 bits per heavy atom. The molecule has 2 aromatic rings. The van der Waals surface area contributed by atoms with Gasteiger partial charge in [0.2, 0.25) is 0 Å². The highest BCUT2D eigenvalue weighted by molar-refractivity contribution is 9.11. The lowest BCUT2D eigenvalue weighted by Crippen LogP contribution is -2.28. The molecule has 1 heterocycles. The lowest BCUT2D eigenvalue weighted by molar-refractivity contribution is -0.122. The predicted octanol–water partition coefficient (Wildman–Crippen LogP) is 6.11. The number of thioether (sulfide) groups is 1. The number of halogens is 3. The van der Waals surface area contributed by atoms with Crippen LogP contribution < -0.4 is 4.74 Å². The Hall–Kier alpha value is -1.72. The first-order valence-corrected chi connectivity index (χ1v) is 10.7. The van der Waals surface area contributed by atoms with E-state index in [1.807, 2.05) is 30.3 Å². The Labute approximate surface area is 188 Å². The summed E-state index contributed by atoms with van der Waals surface area (Å²) >= 11 is 14.0. The normalized spacial score (nSPS) is 15.2. The largest absolute Gasteiger partial charge is 0.486 e. The third-order valence-electron chi connectivity index (χ3n) is 3.77. The molecule has 0 spiro atoms. The van der Waals surface area contributed by atoms with Gasteiger partial charge < -0.3 is 4.74 Å². The molecular weight excluding hydrogens is 530 g/mol. The molecule has 0 unspecified atom stereocenters. The van der Waals surface area contributed by atoms with Crippen LogP contribution in [0.5, 0.6) is 5.75 Å². The number of amides is 2. The Morgan fingerprint density at radius 1 is 1.21 bits per heavy atom. The first kappa shape index (κ1) is 21.0. The van der Waals surface area contributed by atoms with Crippen molar-refractivity contribution in [2.75, 3.05) is 6.54 Å². The van der Waals surface area contributed by atoms with Crippen molar-refractivity contribution in [3.63, 3.8) is 0 Å². The van der Waals surface area contributed by atoms with Crippen molar-refractivity contribution < 1.29 is 14.3 Å². The van der Waals surface area contributed by atoms with Crippen LogP contribution in [0.15, 0.2) is 50.2 Å². The van der Waals surface area contributed by atoms with E-state index in [-0.39, 0.29) is 17.7 Å². The average molecular weight is 542 g/mol. The van der Waals surface area contributed by atoms with Gasteiger partial charge in [0.15, 0.2) is 0 Å². The first-order chi connectivity index (χ1) is 13.4. The summed E-state index contributed by atoms with van der Waals surface area (Å²) in [6.45, 7) is 0.269. The van der Waals surface area contributed by atoms with E-state index in [0.717, 1.165) is 27.8 Å². The Bertz CT molecular complexity index is 1010. The third kappa shape index (κ3) is 4.64. The summed E-state index contributed by atoms with van der Waals surface area (Å²) in [6, 6.07) is 11.1. The molecule has 0 saturated carbocycles. The van der Waals surface area contributed by atoms with E-state index in [1.165, 1.54) is 0 Å². The minimum Gasteiger partial charge on any atom is -0.486 e. The van der Waals surface area contributed by atoms with E-state index < -0.39 is 0 Å². The van der Waals surface area contributed by atoms with Crippen LogP contribution in [0.2, 0.25) is 5.02 Å². The highest BCUT2D eigenvalue weighted by Gasteiger charge is 2.34. The highest BCUT2D eigenvalue weighted by atomic mass is 79.9. The van der Waals surface area contributed by atoms with Gasteiger partial charge in [-0.25, -0.2) is 0 Å². The molecule has 1 fully saturated rings. The zero-order chi connectivity index (χ0) is 20.3. The van der Waals surface area contributed by atoms with Crippen molar-refractivity contribution in [3.05, 3.63) is 66.4 Å². The van der Waals surface area contributed by atoms with Gasteiger partial charge in [-0.15, -0.1) is 6.42 Å². The molecule has 0 bridgehead atoms. The molecule has 1 aliphatic rings. The van der Waals surface area contributed by atoms with E-state index in [2.05, 4.69) is 37.8 Å². The molecule has 0 N–H and O–H groups in total. The van der Waals surface area contributed by atoms with E-state index in [1.54, 1.807) is 12.1 Å². The molecule has 2 aromatic carbocycles. The average Bonchev–Trinajstić information content (AvgIpc) is 2.90. The highest BCUT2D eigenvalue weighted by Crippen LogP contribution is 2.38. The third-order valence-corrected chi connectivity index (χ3v) is 6.23. The van der Waals surface area contributed by atoms with E-state index in [9.17, 15) is 9.59 Å². The lowest BCUT2D eigenvalue weighted by atomic mass is 10.2. The molecule has 0 aromatic heterocycles. The topological polar surface area (TPSA) is 46.6 Å². The molecule has 2 amide bonds. The van der Waals surface area contributed by atoms with Gasteiger partial charge in [-0.05, 0) is 73.5 Å². The fourth-order valence-corrected chi connectivity index (χ4v) is 4.92. The number of nitrogens with zero attached hydrogens (tertiary/aromatic N) is 1. The van der Waals surface area contributed by atoms with Crippen molar-refractivity contribution >= 4 is 72.4 Å². The summed E-state index contributed by atoms with van der Waals surface area (Å²) in [5.41, 5.74) is 1.60. The second-order valence-electron chi connectivity index (χ2n) is 5.67. The molecule has 1 saturated heterocycles. The van der Waals surface area contributed by atoms with Crippen molar-refractivity contribution in [1.29, 1.82) is 0 Å². The maximum atomic E-state index is 12.3. The number of carbonyl (C=O) groups excluding carboxylic acids is 2. The minimum atomic E-state index is -0.390. The number of hydrogen-bond acceptors (Lipinski definition) is 4. The maximum Gasteiger partial charge on any atom is 0.294 e. The fraction of sp³-hybridized carbons (Fsp3) is 0.100. The second kappa shape index (κ2) is 9.19. The van der Waals surface area contributed by atoms with Gasteiger partial charge in [-0.3, -0.25) is 14.5 Å². The molecule has 142 valence electrons. The summed E-state index contributed by atoms with van der Waals surface area (Å²) in [5.74, 6) is 2.53. The van der Waals surface area contributed by atoms with Crippen LogP contribution in [0.3, 0.4) is 0 Å². The van der Waals surface area contributed by atoms with Crippen LogP contribution in [0.25, 0.3) is 6.08 Å². The summed E-state index contributed by atoms with van der Waals surface area (Å²) in [5, 5.41) is 0.265. The van der Waals surface area contributed by atoms with Crippen LogP contribution in [0, 0.1) is 12.3 Å². The molecule has 0 atom stereocenters. The minimum absolute atomic E-state index is 0.0375. The van der Waals surface area contributed by atoms with Crippen molar-refractivity contribution in [2.45, 2.75) is 6.61 Å². The molecule has 0 radical (unpaired) electrons. The molecule has 8 heteroatoms. The van der Waals surface area contributed by atoms with E-state index in [4.69, 9.17) is 22.8 Å². The lowest BCUT2D eigenvalue weighted by Gasteiger charge is -2.12. The molecule has 0 aliphatic carbocycles. The molecular formula is C20H12Br2ClNO3S. The SMILES string of the molecule is C#CCN1C(=O)S/C(=C/c2cc(Br)c(OCc3ccccc3Cl)c(Br)c2)C1=O. The van der Waals surface area contributed by atoms with Crippen LogP contribution >= 0.6 is 55.2 Å².